The zero-order chi connectivity index (χ0) is 14.5. The highest BCUT2D eigenvalue weighted by molar-refractivity contribution is 9.10. The SMILES string of the molecule is Nc1ccc(SCC(=O)Nc2ccccc2Br)c(F)c1. The molecule has 2 rings (SSSR count). The number of hydrogen-bond acceptors (Lipinski definition) is 3. The lowest BCUT2D eigenvalue weighted by Gasteiger charge is -2.07. The van der Waals surface area contributed by atoms with E-state index in [-0.39, 0.29) is 11.7 Å². The van der Waals surface area contributed by atoms with Crippen LogP contribution in [0, 0.1) is 5.82 Å². The highest BCUT2D eigenvalue weighted by Crippen LogP contribution is 2.25. The molecule has 20 heavy (non-hydrogen) atoms. The van der Waals surface area contributed by atoms with Crippen molar-refractivity contribution in [3.05, 3.63) is 52.8 Å². The summed E-state index contributed by atoms with van der Waals surface area (Å²) in [5, 5.41) is 2.76. The zero-order valence-electron chi connectivity index (χ0n) is 10.4. The van der Waals surface area contributed by atoms with E-state index in [9.17, 15) is 9.18 Å². The topological polar surface area (TPSA) is 55.1 Å². The molecular formula is C14H12BrFN2OS. The minimum atomic E-state index is -0.413. The molecule has 0 aliphatic rings. The molecule has 0 saturated heterocycles. The summed E-state index contributed by atoms with van der Waals surface area (Å²) in [5.74, 6) is -0.482. The number of benzene rings is 2. The first-order chi connectivity index (χ1) is 9.56. The monoisotopic (exact) mass is 354 g/mol. The van der Waals surface area contributed by atoms with Crippen LogP contribution in [0.3, 0.4) is 0 Å². The Labute approximate surface area is 128 Å². The number of nitrogens with two attached hydrogens (primary N) is 1. The molecule has 0 aliphatic heterocycles. The van der Waals surface area contributed by atoms with Gasteiger partial charge in [-0.1, -0.05) is 12.1 Å². The molecule has 0 radical (unpaired) electrons. The predicted octanol–water partition coefficient (Wildman–Crippen LogP) is 3.90. The van der Waals surface area contributed by atoms with Crippen molar-refractivity contribution in [2.45, 2.75) is 4.90 Å². The van der Waals surface area contributed by atoms with Gasteiger partial charge in [-0.15, -0.1) is 11.8 Å². The van der Waals surface area contributed by atoms with Crippen LogP contribution in [0.25, 0.3) is 0 Å². The first-order valence-electron chi connectivity index (χ1n) is 5.78. The van der Waals surface area contributed by atoms with Crippen LogP contribution in [-0.2, 0) is 4.79 Å². The molecule has 0 saturated carbocycles. The average Bonchev–Trinajstić information content (AvgIpc) is 2.40. The van der Waals surface area contributed by atoms with Crippen molar-refractivity contribution >= 4 is 45.0 Å². The number of nitrogens with one attached hydrogen (secondary N) is 1. The van der Waals surface area contributed by atoms with E-state index in [1.54, 1.807) is 18.2 Å². The molecular weight excluding hydrogens is 343 g/mol. The molecule has 0 atom stereocenters. The molecule has 2 aromatic rings. The fourth-order valence-corrected chi connectivity index (χ4v) is 2.63. The number of anilines is 2. The lowest BCUT2D eigenvalue weighted by Crippen LogP contribution is -2.14. The number of carbonyl (C=O) groups is 1. The molecule has 0 aliphatic carbocycles. The van der Waals surface area contributed by atoms with Gasteiger partial charge in [-0.3, -0.25) is 4.79 Å². The van der Waals surface area contributed by atoms with E-state index in [0.717, 1.165) is 16.2 Å². The van der Waals surface area contributed by atoms with Crippen molar-refractivity contribution in [2.24, 2.45) is 0 Å². The van der Waals surface area contributed by atoms with Crippen molar-refractivity contribution in [1.29, 1.82) is 0 Å². The minimum absolute atomic E-state index is 0.127. The largest absolute Gasteiger partial charge is 0.399 e. The number of halogens is 2. The van der Waals surface area contributed by atoms with Crippen molar-refractivity contribution in [1.82, 2.24) is 0 Å². The van der Waals surface area contributed by atoms with Gasteiger partial charge in [-0.05, 0) is 46.3 Å². The van der Waals surface area contributed by atoms with Crippen LogP contribution in [0.4, 0.5) is 15.8 Å². The van der Waals surface area contributed by atoms with E-state index in [0.29, 0.717) is 16.3 Å². The number of amides is 1. The first kappa shape index (κ1) is 14.9. The number of nitrogen functional groups attached to an aromatic ring is 1. The number of carbonyl (C=O) groups excluding carboxylic acids is 1. The summed E-state index contributed by atoms with van der Waals surface area (Å²) in [6.07, 6.45) is 0. The Morgan fingerprint density at radius 1 is 1.30 bits per heavy atom. The fourth-order valence-electron chi connectivity index (χ4n) is 1.53. The maximum Gasteiger partial charge on any atom is 0.234 e. The van der Waals surface area contributed by atoms with Crippen molar-refractivity contribution in [2.75, 3.05) is 16.8 Å². The van der Waals surface area contributed by atoms with Crippen molar-refractivity contribution in [3.8, 4) is 0 Å². The Bertz CT molecular complexity index is 636. The first-order valence-corrected chi connectivity index (χ1v) is 7.56. The van der Waals surface area contributed by atoms with E-state index in [2.05, 4.69) is 21.2 Å². The van der Waals surface area contributed by atoms with E-state index >= 15 is 0 Å². The second-order valence-electron chi connectivity index (χ2n) is 4.01. The molecule has 0 aromatic heterocycles. The van der Waals surface area contributed by atoms with Gasteiger partial charge in [-0.25, -0.2) is 4.39 Å². The van der Waals surface area contributed by atoms with E-state index in [1.165, 1.54) is 6.07 Å². The summed E-state index contributed by atoms with van der Waals surface area (Å²) in [4.78, 5) is 12.2. The molecule has 1 amide bonds. The van der Waals surface area contributed by atoms with Crippen LogP contribution in [-0.4, -0.2) is 11.7 Å². The lowest BCUT2D eigenvalue weighted by atomic mass is 10.3. The van der Waals surface area contributed by atoms with E-state index in [4.69, 9.17) is 5.73 Å². The van der Waals surface area contributed by atoms with Crippen molar-refractivity contribution in [3.63, 3.8) is 0 Å². The zero-order valence-corrected chi connectivity index (χ0v) is 12.8. The van der Waals surface area contributed by atoms with Gasteiger partial charge in [0.1, 0.15) is 5.82 Å². The molecule has 0 bridgehead atoms. The van der Waals surface area contributed by atoms with E-state index < -0.39 is 5.82 Å². The van der Waals surface area contributed by atoms with Crippen LogP contribution in [0.15, 0.2) is 51.8 Å². The van der Waals surface area contributed by atoms with Crippen LogP contribution >= 0.6 is 27.7 Å². The number of hydrogen-bond donors (Lipinski definition) is 2. The van der Waals surface area contributed by atoms with Gasteiger partial charge in [-0.2, -0.15) is 0 Å². The molecule has 104 valence electrons. The Balaban J connectivity index is 1.94. The predicted molar refractivity (Wildman–Crippen MR) is 84.3 cm³/mol. The molecule has 3 N–H and O–H groups in total. The molecule has 2 aromatic carbocycles. The second-order valence-corrected chi connectivity index (χ2v) is 5.88. The Morgan fingerprint density at radius 2 is 2.05 bits per heavy atom. The lowest BCUT2D eigenvalue weighted by molar-refractivity contribution is -0.113. The van der Waals surface area contributed by atoms with E-state index in [1.807, 2.05) is 18.2 Å². The number of thioether (sulfide) groups is 1. The molecule has 0 unspecified atom stereocenters. The Morgan fingerprint density at radius 3 is 2.75 bits per heavy atom. The second kappa shape index (κ2) is 6.76. The highest BCUT2D eigenvalue weighted by Gasteiger charge is 2.08. The fraction of sp³-hybridized carbons (Fsp3) is 0.0714. The minimum Gasteiger partial charge on any atom is -0.399 e. The van der Waals surface area contributed by atoms with Crippen molar-refractivity contribution < 1.29 is 9.18 Å². The third kappa shape index (κ3) is 3.98. The van der Waals surface area contributed by atoms with Gasteiger partial charge in [0, 0.05) is 15.1 Å². The number of rotatable bonds is 4. The summed E-state index contributed by atoms with van der Waals surface area (Å²) in [5.41, 5.74) is 6.52. The van der Waals surface area contributed by atoms with Gasteiger partial charge < -0.3 is 11.1 Å². The Hall–Kier alpha value is -1.53. The van der Waals surface area contributed by atoms with Crippen LogP contribution in [0.1, 0.15) is 0 Å². The number of para-hydroxylation sites is 1. The smallest absolute Gasteiger partial charge is 0.234 e. The molecule has 6 heteroatoms. The van der Waals surface area contributed by atoms with Crippen LogP contribution < -0.4 is 11.1 Å². The standard InChI is InChI=1S/C14H12BrFN2OS/c15-10-3-1-2-4-12(10)18-14(19)8-20-13-6-5-9(17)7-11(13)16/h1-7H,8,17H2,(H,18,19). The third-order valence-electron chi connectivity index (χ3n) is 2.46. The van der Waals surface area contributed by atoms with Gasteiger partial charge in [0.15, 0.2) is 0 Å². The Kier molecular flexibility index (Phi) is 5.03. The van der Waals surface area contributed by atoms with Gasteiger partial charge in [0.2, 0.25) is 5.91 Å². The quantitative estimate of drug-likeness (QED) is 0.646. The van der Waals surface area contributed by atoms with Gasteiger partial charge in [0.05, 0.1) is 11.4 Å². The average molecular weight is 355 g/mol. The normalized spacial score (nSPS) is 10.3. The molecule has 0 fully saturated rings. The molecule has 0 heterocycles. The van der Waals surface area contributed by atoms with Gasteiger partial charge in [0.25, 0.3) is 0 Å². The summed E-state index contributed by atoms with van der Waals surface area (Å²) in [7, 11) is 0. The van der Waals surface area contributed by atoms with Gasteiger partial charge >= 0.3 is 0 Å². The highest BCUT2D eigenvalue weighted by atomic mass is 79.9. The summed E-state index contributed by atoms with van der Waals surface area (Å²) in [6.45, 7) is 0. The third-order valence-corrected chi connectivity index (χ3v) is 4.20. The van der Waals surface area contributed by atoms with Crippen LogP contribution in [0.2, 0.25) is 0 Å². The summed E-state index contributed by atoms with van der Waals surface area (Å²) >= 11 is 4.48. The van der Waals surface area contributed by atoms with Crippen LogP contribution in [0.5, 0.6) is 0 Å². The maximum atomic E-state index is 13.6. The summed E-state index contributed by atoms with van der Waals surface area (Å²) < 4.78 is 14.4. The molecule has 0 spiro atoms. The molecule has 3 nitrogen and oxygen atoms in total. The summed E-state index contributed by atoms with van der Waals surface area (Å²) in [6, 6.07) is 11.7. The maximum absolute atomic E-state index is 13.6.